The molecule has 2 atom stereocenters. The van der Waals surface area contributed by atoms with Crippen molar-refractivity contribution >= 4 is 17.7 Å². The van der Waals surface area contributed by atoms with Gasteiger partial charge in [0, 0.05) is 30.4 Å². The third kappa shape index (κ3) is 7.36. The van der Waals surface area contributed by atoms with Crippen molar-refractivity contribution in [3.63, 3.8) is 0 Å². The number of ether oxygens (including phenoxy) is 2. The number of nitrogens with one attached hydrogen (secondary N) is 1. The van der Waals surface area contributed by atoms with Crippen LogP contribution in [-0.4, -0.2) is 76.7 Å². The highest BCUT2D eigenvalue weighted by Crippen LogP contribution is 2.35. The molecule has 1 aromatic carbocycles. The zero-order valence-electron chi connectivity index (χ0n) is 24.5. The van der Waals surface area contributed by atoms with Gasteiger partial charge in [0.2, 0.25) is 0 Å². The molecule has 0 spiro atoms. The van der Waals surface area contributed by atoms with Gasteiger partial charge in [-0.2, -0.15) is 0 Å². The van der Waals surface area contributed by atoms with Crippen molar-refractivity contribution in [1.29, 1.82) is 0 Å². The number of rotatable bonds is 11. The zero-order valence-corrected chi connectivity index (χ0v) is 25.3. The van der Waals surface area contributed by atoms with Crippen LogP contribution in [-0.2, 0) is 11.2 Å². The molecule has 1 unspecified atom stereocenters. The summed E-state index contributed by atoms with van der Waals surface area (Å²) in [6, 6.07) is 5.38. The average molecular weight is 586 g/mol. The molecule has 0 saturated carbocycles. The van der Waals surface area contributed by atoms with Crippen LogP contribution in [0.1, 0.15) is 55.3 Å². The van der Waals surface area contributed by atoms with Gasteiger partial charge in [-0.1, -0.05) is 16.8 Å². The molecule has 1 saturated heterocycles. The molecule has 1 aliphatic rings. The molecule has 0 aliphatic carbocycles. The van der Waals surface area contributed by atoms with E-state index in [9.17, 15) is 9.90 Å². The second-order valence-corrected chi connectivity index (χ2v) is 10.8. The number of aliphatic hydroxyl groups excluding tert-OH is 1. The largest absolute Gasteiger partial charge is 0.491 e. The summed E-state index contributed by atoms with van der Waals surface area (Å²) in [6.45, 7) is 9.20. The second kappa shape index (κ2) is 14.1. The lowest BCUT2D eigenvalue weighted by atomic mass is 9.95. The minimum absolute atomic E-state index is 0.0764. The fourth-order valence-electron chi connectivity index (χ4n) is 5.29. The van der Waals surface area contributed by atoms with Gasteiger partial charge in [0.05, 0.1) is 28.6 Å². The van der Waals surface area contributed by atoms with E-state index in [0.29, 0.717) is 54.0 Å². The van der Waals surface area contributed by atoms with E-state index in [4.69, 9.17) is 35.6 Å². The number of likely N-dealkylation sites (N-methyl/N-ethyl adjacent to an activating group) is 1. The number of benzene rings is 1. The van der Waals surface area contributed by atoms with E-state index in [1.165, 1.54) is 0 Å². The maximum Gasteiger partial charge on any atom is 0.409 e. The first kappa shape index (κ1) is 30.7. The molecule has 4 rings (SSSR count). The highest BCUT2D eigenvalue weighted by molar-refractivity contribution is 6.33. The van der Waals surface area contributed by atoms with E-state index in [1.54, 1.807) is 25.2 Å². The lowest BCUT2D eigenvalue weighted by molar-refractivity contribution is 0.0745. The van der Waals surface area contributed by atoms with Gasteiger partial charge in [0.1, 0.15) is 24.2 Å². The third-order valence-corrected chi connectivity index (χ3v) is 7.75. The highest BCUT2D eigenvalue weighted by atomic mass is 35.5. The SMILES string of the molecule is CCOC(=O)N1CCCCC1CCc1nc(-c2cc(OC[C@H](O)CNC)ccc2Cl)nc(-c2c(C)noc2C)c1C. The Labute approximate surface area is 246 Å². The smallest absolute Gasteiger partial charge is 0.409 e. The first-order chi connectivity index (χ1) is 19.7. The van der Waals surface area contributed by atoms with E-state index in [0.717, 1.165) is 53.9 Å². The van der Waals surface area contributed by atoms with Gasteiger partial charge in [-0.05, 0) is 90.6 Å². The number of aliphatic hydroxyl groups is 1. The number of carbonyl (C=O) groups is 1. The van der Waals surface area contributed by atoms with Gasteiger partial charge >= 0.3 is 6.09 Å². The normalized spacial score (nSPS) is 16.1. The maximum absolute atomic E-state index is 12.6. The first-order valence-corrected chi connectivity index (χ1v) is 14.6. The van der Waals surface area contributed by atoms with E-state index in [2.05, 4.69) is 10.5 Å². The Balaban J connectivity index is 1.70. The summed E-state index contributed by atoms with van der Waals surface area (Å²) in [4.78, 5) is 24.4. The molecule has 0 bridgehead atoms. The molecule has 1 amide bonds. The minimum Gasteiger partial charge on any atom is -0.491 e. The Hall–Kier alpha value is -3.21. The number of carbonyl (C=O) groups excluding carboxylic acids is 1. The lowest BCUT2D eigenvalue weighted by Crippen LogP contribution is -2.44. The van der Waals surface area contributed by atoms with Crippen LogP contribution >= 0.6 is 11.6 Å². The van der Waals surface area contributed by atoms with Crippen LogP contribution in [0.3, 0.4) is 0 Å². The summed E-state index contributed by atoms with van der Waals surface area (Å²) in [5.74, 6) is 1.68. The molecule has 2 N–H and O–H groups in total. The number of halogens is 1. The van der Waals surface area contributed by atoms with Crippen molar-refractivity contribution in [2.75, 3.05) is 33.4 Å². The highest BCUT2D eigenvalue weighted by Gasteiger charge is 2.28. The van der Waals surface area contributed by atoms with Gasteiger partial charge in [-0.25, -0.2) is 14.8 Å². The summed E-state index contributed by atoms with van der Waals surface area (Å²) >= 11 is 6.67. The van der Waals surface area contributed by atoms with E-state index < -0.39 is 6.10 Å². The van der Waals surface area contributed by atoms with Gasteiger partial charge in [0.25, 0.3) is 0 Å². The second-order valence-electron chi connectivity index (χ2n) is 10.4. The lowest BCUT2D eigenvalue weighted by Gasteiger charge is -2.35. The molecule has 1 fully saturated rings. The van der Waals surface area contributed by atoms with Gasteiger partial charge < -0.3 is 29.3 Å². The fourth-order valence-corrected chi connectivity index (χ4v) is 5.50. The molecule has 222 valence electrons. The summed E-state index contributed by atoms with van der Waals surface area (Å²) in [5, 5.41) is 17.6. The molecule has 41 heavy (non-hydrogen) atoms. The van der Waals surface area contributed by atoms with Gasteiger partial charge in [0.15, 0.2) is 5.82 Å². The van der Waals surface area contributed by atoms with Crippen LogP contribution in [0.15, 0.2) is 22.7 Å². The van der Waals surface area contributed by atoms with Gasteiger partial charge in [-0.15, -0.1) is 0 Å². The molecule has 10 nitrogen and oxygen atoms in total. The Bertz CT molecular complexity index is 1330. The van der Waals surface area contributed by atoms with E-state index >= 15 is 0 Å². The number of nitrogens with zero attached hydrogens (tertiary/aromatic N) is 4. The maximum atomic E-state index is 12.6. The summed E-state index contributed by atoms with van der Waals surface area (Å²) in [5.41, 5.74) is 4.72. The fraction of sp³-hybridized carbons (Fsp3) is 0.533. The minimum atomic E-state index is -0.651. The number of amides is 1. The number of piperidine rings is 1. The number of hydrogen-bond donors (Lipinski definition) is 2. The molecule has 3 heterocycles. The van der Waals surface area contributed by atoms with Crippen molar-refractivity contribution < 1.29 is 23.9 Å². The quantitative estimate of drug-likeness (QED) is 0.309. The summed E-state index contributed by atoms with van der Waals surface area (Å²) in [6.07, 6.45) is 3.46. The molecule has 1 aliphatic heterocycles. The van der Waals surface area contributed by atoms with Crippen molar-refractivity contribution in [3.8, 4) is 28.4 Å². The Kier molecular flexibility index (Phi) is 10.6. The molecule has 2 aromatic heterocycles. The predicted molar refractivity (Wildman–Crippen MR) is 157 cm³/mol. The monoisotopic (exact) mass is 585 g/mol. The molecule has 0 radical (unpaired) electrons. The van der Waals surface area contributed by atoms with E-state index in [-0.39, 0.29) is 18.7 Å². The Morgan fingerprint density at radius 2 is 2.07 bits per heavy atom. The average Bonchev–Trinajstić information content (AvgIpc) is 3.29. The Morgan fingerprint density at radius 3 is 2.78 bits per heavy atom. The predicted octanol–water partition coefficient (Wildman–Crippen LogP) is 5.28. The Morgan fingerprint density at radius 1 is 1.27 bits per heavy atom. The summed E-state index contributed by atoms with van der Waals surface area (Å²) < 4.78 is 16.6. The summed E-state index contributed by atoms with van der Waals surface area (Å²) in [7, 11) is 1.77. The van der Waals surface area contributed by atoms with Crippen LogP contribution in [0.25, 0.3) is 22.6 Å². The topological polar surface area (TPSA) is 123 Å². The van der Waals surface area contributed by atoms with Crippen LogP contribution in [0, 0.1) is 20.8 Å². The first-order valence-electron chi connectivity index (χ1n) is 14.2. The molecular weight excluding hydrogens is 546 g/mol. The van der Waals surface area contributed by atoms with Crippen LogP contribution in [0.2, 0.25) is 5.02 Å². The number of likely N-dealkylation sites (tertiary alicyclic amines) is 1. The zero-order chi connectivity index (χ0) is 29.5. The van der Waals surface area contributed by atoms with Crippen LogP contribution in [0.5, 0.6) is 5.75 Å². The van der Waals surface area contributed by atoms with Crippen molar-refractivity contribution in [1.82, 2.24) is 25.3 Å². The van der Waals surface area contributed by atoms with Crippen LogP contribution in [0.4, 0.5) is 4.79 Å². The third-order valence-electron chi connectivity index (χ3n) is 7.42. The molecule has 3 aromatic rings. The van der Waals surface area contributed by atoms with Crippen molar-refractivity contribution in [3.05, 3.63) is 45.9 Å². The molecule has 11 heteroatoms. The van der Waals surface area contributed by atoms with Crippen molar-refractivity contribution in [2.24, 2.45) is 0 Å². The number of aryl methyl sites for hydroxylation is 3. The van der Waals surface area contributed by atoms with E-state index in [1.807, 2.05) is 32.6 Å². The number of aromatic nitrogens is 3. The van der Waals surface area contributed by atoms with Crippen molar-refractivity contribution in [2.45, 2.75) is 71.9 Å². The number of hydrogen-bond acceptors (Lipinski definition) is 9. The van der Waals surface area contributed by atoms with Gasteiger partial charge in [-0.3, -0.25) is 0 Å². The van der Waals surface area contributed by atoms with Crippen LogP contribution < -0.4 is 10.1 Å². The molecular formula is C30H40ClN5O5. The standard InChI is InChI=1S/C30H40ClN5O5/c1-6-39-30(38)36-14-8-7-9-21(36)10-13-26-18(2)28(27-19(3)35-41-20(27)4)34-29(33-26)24-15-23(11-12-25(24)31)40-17-22(37)16-32-5/h11-12,15,21-22,32,37H,6-10,13-14,16-17H2,1-5H3/t21?,22-/m1/s1.